The largest absolute Gasteiger partial charge is 0.301 e. The predicted molar refractivity (Wildman–Crippen MR) is 87.8 cm³/mol. The van der Waals surface area contributed by atoms with Crippen LogP contribution in [0.1, 0.15) is 35.2 Å². The predicted octanol–water partition coefficient (Wildman–Crippen LogP) is 2.51. The molecule has 2 aliphatic rings. The fraction of sp³-hybridized carbons (Fsp3) is 0.500. The lowest BCUT2D eigenvalue weighted by Gasteiger charge is -2.26. The molecule has 0 aromatic heterocycles. The van der Waals surface area contributed by atoms with Crippen LogP contribution in [0.15, 0.2) is 29.3 Å². The molecule has 2 aliphatic heterocycles. The smallest absolute Gasteiger partial charge is 0.257 e. The molecule has 1 aromatic carbocycles. The second-order valence-corrected chi connectivity index (χ2v) is 6.61. The number of amides is 1. The molecule has 112 valence electrons. The summed E-state index contributed by atoms with van der Waals surface area (Å²) in [4.78, 5) is 18.8. The van der Waals surface area contributed by atoms with Gasteiger partial charge in [0, 0.05) is 17.9 Å². The van der Waals surface area contributed by atoms with E-state index < -0.39 is 0 Å². The molecule has 3 rings (SSSR count). The van der Waals surface area contributed by atoms with Gasteiger partial charge in [-0.05, 0) is 43.6 Å². The minimum absolute atomic E-state index is 0.0623. The van der Waals surface area contributed by atoms with Crippen LogP contribution in [-0.2, 0) is 6.54 Å². The third-order valence-electron chi connectivity index (χ3n) is 3.88. The van der Waals surface area contributed by atoms with E-state index in [1.54, 1.807) is 11.8 Å². The number of likely N-dealkylation sites (tertiary alicyclic amines) is 1. The summed E-state index contributed by atoms with van der Waals surface area (Å²) in [6.45, 7) is 4.18. The lowest BCUT2D eigenvalue weighted by molar-refractivity contribution is 0.0978. The van der Waals surface area contributed by atoms with Crippen LogP contribution in [0.2, 0.25) is 0 Å². The third-order valence-corrected chi connectivity index (χ3v) is 4.77. The average molecular weight is 303 g/mol. The molecule has 2 heterocycles. The van der Waals surface area contributed by atoms with Gasteiger partial charge in [-0.2, -0.15) is 0 Å². The Morgan fingerprint density at radius 1 is 1.19 bits per heavy atom. The van der Waals surface area contributed by atoms with Crippen LogP contribution >= 0.6 is 11.8 Å². The maximum absolute atomic E-state index is 12.1. The van der Waals surface area contributed by atoms with Gasteiger partial charge in [0.25, 0.3) is 5.91 Å². The summed E-state index contributed by atoms with van der Waals surface area (Å²) >= 11 is 1.60. The number of hydrogen-bond acceptors (Lipinski definition) is 4. The monoisotopic (exact) mass is 303 g/mol. The van der Waals surface area contributed by atoms with Gasteiger partial charge in [0.2, 0.25) is 0 Å². The molecule has 0 saturated carbocycles. The molecule has 0 atom stereocenters. The Hall–Kier alpha value is -1.33. The quantitative estimate of drug-likeness (QED) is 0.933. The number of amidine groups is 1. The first-order valence-corrected chi connectivity index (χ1v) is 8.60. The Morgan fingerprint density at radius 3 is 2.62 bits per heavy atom. The molecule has 1 N–H and O–H groups in total. The molecule has 21 heavy (non-hydrogen) atoms. The van der Waals surface area contributed by atoms with E-state index in [0.29, 0.717) is 5.56 Å². The molecule has 1 fully saturated rings. The van der Waals surface area contributed by atoms with E-state index in [1.807, 2.05) is 12.1 Å². The van der Waals surface area contributed by atoms with Crippen LogP contribution < -0.4 is 5.32 Å². The summed E-state index contributed by atoms with van der Waals surface area (Å²) in [6, 6.07) is 7.95. The second kappa shape index (κ2) is 7.09. The van der Waals surface area contributed by atoms with Crippen molar-refractivity contribution < 1.29 is 4.79 Å². The Labute approximate surface area is 130 Å². The number of nitrogens with zero attached hydrogens (tertiary/aromatic N) is 2. The van der Waals surface area contributed by atoms with Crippen molar-refractivity contribution in [2.24, 2.45) is 4.99 Å². The standard InChI is InChI=1S/C16H21N3OS/c20-15(18-16-17-8-11-21-16)14-6-4-13(5-7-14)12-19-9-2-1-3-10-19/h4-7H,1-3,8-12H2,(H,17,18,20). The van der Waals surface area contributed by atoms with E-state index in [9.17, 15) is 4.79 Å². The van der Waals surface area contributed by atoms with Gasteiger partial charge in [0.15, 0.2) is 5.17 Å². The van der Waals surface area contributed by atoms with Crippen LogP contribution in [0, 0.1) is 0 Å². The molecule has 0 unspecified atom stereocenters. The summed E-state index contributed by atoms with van der Waals surface area (Å²) in [5, 5.41) is 3.61. The van der Waals surface area contributed by atoms with E-state index in [2.05, 4.69) is 27.3 Å². The van der Waals surface area contributed by atoms with Gasteiger partial charge in [-0.15, -0.1) is 0 Å². The highest BCUT2D eigenvalue weighted by Gasteiger charge is 2.13. The molecule has 1 aromatic rings. The number of nitrogens with one attached hydrogen (secondary N) is 1. The highest BCUT2D eigenvalue weighted by Crippen LogP contribution is 2.14. The fourth-order valence-electron chi connectivity index (χ4n) is 2.72. The van der Waals surface area contributed by atoms with Crippen molar-refractivity contribution in [2.75, 3.05) is 25.4 Å². The number of rotatable bonds is 3. The first-order valence-electron chi connectivity index (χ1n) is 7.61. The fourth-order valence-corrected chi connectivity index (χ4v) is 3.44. The molecule has 0 radical (unpaired) electrons. The molecule has 4 nitrogen and oxygen atoms in total. The molecule has 0 bridgehead atoms. The minimum Gasteiger partial charge on any atom is -0.301 e. The van der Waals surface area contributed by atoms with Gasteiger partial charge < -0.3 is 5.32 Å². The van der Waals surface area contributed by atoms with Gasteiger partial charge in [-0.25, -0.2) is 0 Å². The number of carbonyl (C=O) groups excluding carboxylic acids is 1. The Morgan fingerprint density at radius 2 is 1.95 bits per heavy atom. The molecule has 0 aliphatic carbocycles. The summed E-state index contributed by atoms with van der Waals surface area (Å²) < 4.78 is 0. The van der Waals surface area contributed by atoms with Gasteiger partial charge in [0.05, 0.1) is 6.54 Å². The SMILES string of the molecule is O=C(NC1=NCCS1)c1ccc(CN2CCCCC2)cc1. The molecule has 5 heteroatoms. The number of carbonyl (C=O) groups is 1. The first-order chi connectivity index (χ1) is 10.3. The van der Waals surface area contributed by atoms with Crippen LogP contribution in [0.25, 0.3) is 0 Å². The van der Waals surface area contributed by atoms with Crippen LogP contribution in [0.5, 0.6) is 0 Å². The number of benzene rings is 1. The van der Waals surface area contributed by atoms with Crippen molar-refractivity contribution in [1.82, 2.24) is 10.2 Å². The van der Waals surface area contributed by atoms with Crippen molar-refractivity contribution in [3.8, 4) is 0 Å². The van der Waals surface area contributed by atoms with E-state index in [-0.39, 0.29) is 5.91 Å². The van der Waals surface area contributed by atoms with Crippen LogP contribution in [0.3, 0.4) is 0 Å². The maximum atomic E-state index is 12.1. The summed E-state index contributed by atoms with van der Waals surface area (Å²) in [6.07, 6.45) is 3.97. The molecule has 0 spiro atoms. The first kappa shape index (κ1) is 14.6. The van der Waals surface area contributed by atoms with Gasteiger partial charge >= 0.3 is 0 Å². The second-order valence-electron chi connectivity index (χ2n) is 5.52. The Bertz CT molecular complexity index is 521. The summed E-state index contributed by atoms with van der Waals surface area (Å²) in [5.74, 6) is 0.900. The van der Waals surface area contributed by atoms with E-state index >= 15 is 0 Å². The summed E-state index contributed by atoms with van der Waals surface area (Å²) in [5.41, 5.74) is 1.98. The van der Waals surface area contributed by atoms with Crippen molar-refractivity contribution in [1.29, 1.82) is 0 Å². The third kappa shape index (κ3) is 4.08. The Balaban J connectivity index is 1.56. The highest BCUT2D eigenvalue weighted by molar-refractivity contribution is 8.14. The van der Waals surface area contributed by atoms with Crippen molar-refractivity contribution in [3.63, 3.8) is 0 Å². The topological polar surface area (TPSA) is 44.7 Å². The van der Waals surface area contributed by atoms with Crippen molar-refractivity contribution in [3.05, 3.63) is 35.4 Å². The molecular weight excluding hydrogens is 282 g/mol. The zero-order valence-electron chi connectivity index (χ0n) is 12.2. The zero-order valence-corrected chi connectivity index (χ0v) is 13.0. The number of hydrogen-bond donors (Lipinski definition) is 1. The number of piperidine rings is 1. The van der Waals surface area contributed by atoms with Gasteiger partial charge in [-0.1, -0.05) is 30.3 Å². The molecule has 1 amide bonds. The molecular formula is C16H21N3OS. The zero-order chi connectivity index (χ0) is 14.5. The lowest BCUT2D eigenvalue weighted by atomic mass is 10.1. The van der Waals surface area contributed by atoms with E-state index in [4.69, 9.17) is 0 Å². The molecule has 1 saturated heterocycles. The number of thioether (sulfide) groups is 1. The van der Waals surface area contributed by atoms with Crippen molar-refractivity contribution >= 4 is 22.8 Å². The normalized spacial score (nSPS) is 19.3. The van der Waals surface area contributed by atoms with E-state index in [0.717, 1.165) is 24.0 Å². The van der Waals surface area contributed by atoms with Crippen LogP contribution in [-0.4, -0.2) is 41.4 Å². The Kier molecular flexibility index (Phi) is 4.93. The van der Waals surface area contributed by atoms with Gasteiger partial charge in [0.1, 0.15) is 0 Å². The van der Waals surface area contributed by atoms with Crippen LogP contribution in [0.4, 0.5) is 0 Å². The summed E-state index contributed by atoms with van der Waals surface area (Å²) in [7, 11) is 0. The maximum Gasteiger partial charge on any atom is 0.257 e. The highest BCUT2D eigenvalue weighted by atomic mass is 32.2. The minimum atomic E-state index is -0.0623. The van der Waals surface area contributed by atoms with E-state index in [1.165, 1.54) is 37.9 Å². The van der Waals surface area contributed by atoms with Crippen molar-refractivity contribution in [2.45, 2.75) is 25.8 Å². The number of aliphatic imine (C=N–C) groups is 1. The lowest BCUT2D eigenvalue weighted by Crippen LogP contribution is -2.29. The average Bonchev–Trinajstić information content (AvgIpc) is 3.02. The van der Waals surface area contributed by atoms with Gasteiger partial charge in [-0.3, -0.25) is 14.7 Å².